The molecule has 0 bridgehead atoms. The summed E-state index contributed by atoms with van der Waals surface area (Å²) < 4.78 is 0. The zero-order valence-corrected chi connectivity index (χ0v) is 9.74. The normalized spacial score (nSPS) is 21.7. The molecule has 0 amide bonds. The maximum absolute atomic E-state index is 5.88. The summed E-state index contributed by atoms with van der Waals surface area (Å²) >= 11 is 5.88. The Morgan fingerprint density at radius 2 is 2.33 bits per heavy atom. The average Bonchev–Trinajstić information content (AvgIpc) is 2.29. The van der Waals surface area contributed by atoms with Gasteiger partial charge in [0.2, 0.25) is 0 Å². The summed E-state index contributed by atoms with van der Waals surface area (Å²) in [5.74, 6) is 0.974. The molecule has 0 aromatic carbocycles. The standard InChI is InChI=1S/C11H16ClN3/c1-2-9-5-3-4-6-15(9)11-7-10(12)13-8-14-11/h7-9H,2-6H2,1H3/t9-/m1/s1. The Balaban J connectivity index is 2.20. The van der Waals surface area contributed by atoms with Crippen molar-refractivity contribution in [1.29, 1.82) is 0 Å². The summed E-state index contributed by atoms with van der Waals surface area (Å²) in [6.07, 6.45) is 6.55. The number of hydrogen-bond acceptors (Lipinski definition) is 3. The largest absolute Gasteiger partial charge is 0.354 e. The Hall–Kier alpha value is -0.830. The molecule has 0 N–H and O–H groups in total. The second kappa shape index (κ2) is 4.79. The third kappa shape index (κ3) is 2.40. The van der Waals surface area contributed by atoms with E-state index >= 15 is 0 Å². The van der Waals surface area contributed by atoms with Gasteiger partial charge < -0.3 is 4.90 Å². The minimum Gasteiger partial charge on any atom is -0.354 e. The van der Waals surface area contributed by atoms with E-state index in [1.54, 1.807) is 6.33 Å². The van der Waals surface area contributed by atoms with Gasteiger partial charge in [0, 0.05) is 18.7 Å². The fourth-order valence-corrected chi connectivity index (χ4v) is 2.35. The van der Waals surface area contributed by atoms with E-state index in [1.807, 2.05) is 6.07 Å². The summed E-state index contributed by atoms with van der Waals surface area (Å²) in [7, 11) is 0. The Morgan fingerprint density at radius 3 is 3.07 bits per heavy atom. The van der Waals surface area contributed by atoms with Crippen molar-refractivity contribution < 1.29 is 0 Å². The highest BCUT2D eigenvalue weighted by Gasteiger charge is 2.21. The molecule has 1 aromatic rings. The van der Waals surface area contributed by atoms with Crippen LogP contribution in [0.15, 0.2) is 12.4 Å². The van der Waals surface area contributed by atoms with Gasteiger partial charge >= 0.3 is 0 Å². The molecule has 1 fully saturated rings. The Labute approximate surface area is 95.5 Å². The molecule has 15 heavy (non-hydrogen) atoms. The number of halogens is 1. The van der Waals surface area contributed by atoms with E-state index in [0.29, 0.717) is 11.2 Å². The van der Waals surface area contributed by atoms with Crippen LogP contribution in [-0.4, -0.2) is 22.6 Å². The summed E-state index contributed by atoms with van der Waals surface area (Å²) in [6, 6.07) is 2.47. The van der Waals surface area contributed by atoms with Crippen LogP contribution in [0.4, 0.5) is 5.82 Å². The van der Waals surface area contributed by atoms with Crippen LogP contribution in [-0.2, 0) is 0 Å². The van der Waals surface area contributed by atoms with Gasteiger partial charge in [-0.05, 0) is 25.7 Å². The summed E-state index contributed by atoms with van der Waals surface area (Å²) in [5.41, 5.74) is 0. The van der Waals surface area contributed by atoms with E-state index in [-0.39, 0.29) is 0 Å². The van der Waals surface area contributed by atoms with Gasteiger partial charge in [-0.15, -0.1) is 0 Å². The fraction of sp³-hybridized carbons (Fsp3) is 0.636. The van der Waals surface area contributed by atoms with Gasteiger partial charge in [-0.2, -0.15) is 0 Å². The van der Waals surface area contributed by atoms with Crippen LogP contribution in [0, 0.1) is 0 Å². The van der Waals surface area contributed by atoms with E-state index in [1.165, 1.54) is 25.7 Å². The summed E-state index contributed by atoms with van der Waals surface area (Å²) in [5, 5.41) is 0.528. The number of anilines is 1. The number of rotatable bonds is 2. The molecule has 0 unspecified atom stereocenters. The maximum Gasteiger partial charge on any atom is 0.134 e. The van der Waals surface area contributed by atoms with Crippen LogP contribution in [0.1, 0.15) is 32.6 Å². The molecule has 0 radical (unpaired) electrons. The van der Waals surface area contributed by atoms with E-state index in [0.717, 1.165) is 12.4 Å². The lowest BCUT2D eigenvalue weighted by atomic mass is 10.0. The first kappa shape index (κ1) is 10.7. The molecule has 1 aromatic heterocycles. The minimum atomic E-state index is 0.528. The molecule has 1 aliphatic rings. The van der Waals surface area contributed by atoms with Gasteiger partial charge in [0.25, 0.3) is 0 Å². The van der Waals surface area contributed by atoms with Gasteiger partial charge in [0.05, 0.1) is 0 Å². The van der Waals surface area contributed by atoms with Crippen molar-refractivity contribution in [2.45, 2.75) is 38.6 Å². The van der Waals surface area contributed by atoms with Gasteiger partial charge in [-0.1, -0.05) is 18.5 Å². The predicted octanol–water partition coefficient (Wildman–Crippen LogP) is 2.90. The number of piperidine rings is 1. The van der Waals surface area contributed by atoms with Gasteiger partial charge in [0.1, 0.15) is 17.3 Å². The highest BCUT2D eigenvalue weighted by Crippen LogP contribution is 2.25. The van der Waals surface area contributed by atoms with Crippen LogP contribution < -0.4 is 4.90 Å². The SMILES string of the molecule is CC[C@@H]1CCCCN1c1cc(Cl)ncn1. The lowest BCUT2D eigenvalue weighted by Crippen LogP contribution is -2.39. The Morgan fingerprint density at radius 1 is 1.47 bits per heavy atom. The minimum absolute atomic E-state index is 0.528. The lowest BCUT2D eigenvalue weighted by molar-refractivity contribution is 0.446. The van der Waals surface area contributed by atoms with Crippen LogP contribution in [0.2, 0.25) is 5.15 Å². The van der Waals surface area contributed by atoms with Crippen molar-refractivity contribution >= 4 is 17.4 Å². The second-order valence-corrected chi connectivity index (χ2v) is 4.34. The summed E-state index contributed by atoms with van der Waals surface area (Å²) in [6.45, 7) is 3.32. The zero-order valence-electron chi connectivity index (χ0n) is 8.99. The molecule has 2 heterocycles. The summed E-state index contributed by atoms with van der Waals surface area (Å²) in [4.78, 5) is 10.6. The molecule has 1 saturated heterocycles. The van der Waals surface area contributed by atoms with Crippen molar-refractivity contribution in [1.82, 2.24) is 9.97 Å². The van der Waals surface area contributed by atoms with Crippen LogP contribution in [0.3, 0.4) is 0 Å². The van der Waals surface area contributed by atoms with E-state index in [4.69, 9.17) is 11.6 Å². The Bertz CT molecular complexity index is 329. The predicted molar refractivity (Wildman–Crippen MR) is 62.3 cm³/mol. The molecular formula is C11H16ClN3. The zero-order chi connectivity index (χ0) is 10.7. The smallest absolute Gasteiger partial charge is 0.134 e. The monoisotopic (exact) mass is 225 g/mol. The molecule has 0 saturated carbocycles. The Kier molecular flexibility index (Phi) is 3.41. The van der Waals surface area contributed by atoms with Crippen molar-refractivity contribution in [3.05, 3.63) is 17.5 Å². The first-order valence-corrected chi connectivity index (χ1v) is 5.93. The number of aromatic nitrogens is 2. The third-order valence-corrected chi connectivity index (χ3v) is 3.22. The average molecular weight is 226 g/mol. The number of nitrogens with zero attached hydrogens (tertiary/aromatic N) is 3. The molecule has 0 aliphatic carbocycles. The van der Waals surface area contributed by atoms with Crippen molar-refractivity contribution in [3.8, 4) is 0 Å². The lowest BCUT2D eigenvalue weighted by Gasteiger charge is -2.36. The first-order chi connectivity index (χ1) is 7.31. The van der Waals surface area contributed by atoms with E-state index < -0.39 is 0 Å². The highest BCUT2D eigenvalue weighted by molar-refractivity contribution is 6.29. The second-order valence-electron chi connectivity index (χ2n) is 3.95. The molecule has 4 heteroatoms. The molecular weight excluding hydrogens is 210 g/mol. The van der Waals surface area contributed by atoms with Crippen LogP contribution in [0.5, 0.6) is 0 Å². The van der Waals surface area contributed by atoms with Gasteiger partial charge in [0.15, 0.2) is 0 Å². The van der Waals surface area contributed by atoms with E-state index in [9.17, 15) is 0 Å². The van der Waals surface area contributed by atoms with Gasteiger partial charge in [-0.25, -0.2) is 9.97 Å². The van der Waals surface area contributed by atoms with Crippen LogP contribution >= 0.6 is 11.6 Å². The maximum atomic E-state index is 5.88. The molecule has 3 nitrogen and oxygen atoms in total. The van der Waals surface area contributed by atoms with Crippen LogP contribution in [0.25, 0.3) is 0 Å². The molecule has 0 spiro atoms. The van der Waals surface area contributed by atoms with E-state index in [2.05, 4.69) is 21.8 Å². The van der Waals surface area contributed by atoms with Crippen molar-refractivity contribution in [3.63, 3.8) is 0 Å². The molecule has 2 rings (SSSR count). The third-order valence-electron chi connectivity index (χ3n) is 3.01. The molecule has 1 atom stereocenters. The van der Waals surface area contributed by atoms with Gasteiger partial charge in [-0.3, -0.25) is 0 Å². The molecule has 1 aliphatic heterocycles. The quantitative estimate of drug-likeness (QED) is 0.725. The highest BCUT2D eigenvalue weighted by atomic mass is 35.5. The molecule has 82 valence electrons. The number of hydrogen-bond donors (Lipinski definition) is 0. The topological polar surface area (TPSA) is 29.0 Å². The fourth-order valence-electron chi connectivity index (χ4n) is 2.21. The van der Waals surface area contributed by atoms with Crippen molar-refractivity contribution in [2.24, 2.45) is 0 Å². The first-order valence-electron chi connectivity index (χ1n) is 5.55. The van der Waals surface area contributed by atoms with Crippen molar-refractivity contribution in [2.75, 3.05) is 11.4 Å².